The molecule has 140 valence electrons. The highest BCUT2D eigenvalue weighted by atomic mass is 35.5. The van der Waals surface area contributed by atoms with Crippen LogP contribution in [0.3, 0.4) is 0 Å². The van der Waals surface area contributed by atoms with Gasteiger partial charge in [0.1, 0.15) is 4.83 Å². The van der Waals surface area contributed by atoms with Gasteiger partial charge in [0.25, 0.3) is 11.8 Å². The molecule has 4 rings (SSSR count). The molecule has 0 unspecified atom stereocenters. The summed E-state index contributed by atoms with van der Waals surface area (Å²) in [5.74, 6) is 0.0306. The summed E-state index contributed by atoms with van der Waals surface area (Å²) in [6.07, 6.45) is 1.29. The number of thiophene rings is 2. The number of amides is 2. The molecule has 0 radical (unpaired) electrons. The molecule has 1 aliphatic heterocycles. The number of aromatic nitrogens is 2. The maximum atomic E-state index is 12.2. The van der Waals surface area contributed by atoms with Crippen LogP contribution in [0, 0.1) is 6.92 Å². The molecule has 0 saturated heterocycles. The Bertz CT molecular complexity index is 1080. The Balaban J connectivity index is 0.00000210. The number of aliphatic hydroxyl groups excluding tert-OH is 1. The number of hydrogen-bond acceptors (Lipinski definition) is 8. The summed E-state index contributed by atoms with van der Waals surface area (Å²) in [5, 5.41) is 13.2. The molecular formula is C17H15ClN4O3S2. The highest BCUT2D eigenvalue weighted by Crippen LogP contribution is 2.36. The number of aliphatic hydroxyl groups is 1. The first kappa shape index (κ1) is 19.4. The lowest BCUT2D eigenvalue weighted by atomic mass is 10.2. The number of nitrogens with zero attached hydrogens (tertiary/aromatic N) is 3. The van der Waals surface area contributed by atoms with Crippen LogP contribution in [0.15, 0.2) is 29.2 Å². The molecule has 0 aliphatic carbocycles. The summed E-state index contributed by atoms with van der Waals surface area (Å²) in [4.78, 5) is 35.8. The van der Waals surface area contributed by atoms with Crippen molar-refractivity contribution in [3.05, 3.63) is 39.6 Å². The van der Waals surface area contributed by atoms with Crippen LogP contribution in [0.5, 0.6) is 0 Å². The number of fused-ring (bicyclic) bond motifs is 1. The van der Waals surface area contributed by atoms with E-state index < -0.39 is 11.8 Å². The van der Waals surface area contributed by atoms with E-state index in [1.165, 1.54) is 28.7 Å². The van der Waals surface area contributed by atoms with Gasteiger partial charge in [-0.2, -0.15) is 5.01 Å². The average Bonchev–Trinajstić information content (AvgIpc) is 3.31. The van der Waals surface area contributed by atoms with Crippen LogP contribution in [0.25, 0.3) is 20.9 Å². The number of anilines is 1. The Morgan fingerprint density at radius 2 is 2.04 bits per heavy atom. The molecule has 0 spiro atoms. The van der Waals surface area contributed by atoms with E-state index >= 15 is 0 Å². The predicted octanol–water partition coefficient (Wildman–Crippen LogP) is 3.28. The molecule has 2 amide bonds. The Morgan fingerprint density at radius 1 is 1.26 bits per heavy atom. The Labute approximate surface area is 168 Å². The highest BCUT2D eigenvalue weighted by Gasteiger charge is 2.30. The number of halogens is 1. The molecule has 7 nitrogen and oxygen atoms in total. The van der Waals surface area contributed by atoms with Gasteiger partial charge in [0.05, 0.1) is 16.9 Å². The van der Waals surface area contributed by atoms with Crippen LogP contribution >= 0.6 is 35.1 Å². The number of carbonyl (C=O) groups is 2. The van der Waals surface area contributed by atoms with Gasteiger partial charge >= 0.3 is 0 Å². The Kier molecular flexibility index (Phi) is 5.29. The largest absolute Gasteiger partial charge is 0.391 e. The number of hydrogen-bond donors (Lipinski definition) is 2. The fraction of sp³-hybridized carbons (Fsp3) is 0.176. The average molecular weight is 423 g/mol. The standard InChI is InChI=1S/C17H14N4O3S2.ClH/c1-8-6-12(23)21(17(8)24)20-15-13-9(2)11(7-22)26-16(13)19-14(18-15)10-4-3-5-25-10;/h3-6,22H,7H2,1-2H3,(H,18,19,20);1H. The fourth-order valence-electron chi connectivity index (χ4n) is 2.73. The summed E-state index contributed by atoms with van der Waals surface area (Å²) in [5.41, 5.74) is 4.05. The molecule has 0 saturated carbocycles. The Hall–Kier alpha value is -2.33. The maximum Gasteiger partial charge on any atom is 0.275 e. The van der Waals surface area contributed by atoms with Crippen molar-refractivity contribution >= 4 is 62.9 Å². The molecule has 3 aromatic heterocycles. The van der Waals surface area contributed by atoms with Crippen LogP contribution in [-0.2, 0) is 16.2 Å². The number of carbonyl (C=O) groups excluding carboxylic acids is 2. The molecule has 2 N–H and O–H groups in total. The van der Waals surface area contributed by atoms with Crippen molar-refractivity contribution in [2.24, 2.45) is 0 Å². The van der Waals surface area contributed by atoms with Crippen molar-refractivity contribution in [1.82, 2.24) is 15.0 Å². The van der Waals surface area contributed by atoms with Gasteiger partial charge in [-0.15, -0.1) is 35.1 Å². The van der Waals surface area contributed by atoms with Gasteiger partial charge in [0.2, 0.25) is 0 Å². The second-order valence-corrected chi connectivity index (χ2v) is 7.81. The summed E-state index contributed by atoms with van der Waals surface area (Å²) < 4.78 is 0. The minimum Gasteiger partial charge on any atom is -0.391 e. The van der Waals surface area contributed by atoms with Gasteiger partial charge in [-0.1, -0.05) is 6.07 Å². The molecule has 0 fully saturated rings. The molecule has 4 heterocycles. The van der Waals surface area contributed by atoms with E-state index in [1.807, 2.05) is 24.4 Å². The predicted molar refractivity (Wildman–Crippen MR) is 108 cm³/mol. The third kappa shape index (κ3) is 3.23. The zero-order valence-electron chi connectivity index (χ0n) is 14.3. The quantitative estimate of drug-likeness (QED) is 0.626. The molecule has 0 atom stereocenters. The van der Waals surface area contributed by atoms with E-state index in [-0.39, 0.29) is 19.0 Å². The van der Waals surface area contributed by atoms with E-state index in [9.17, 15) is 14.7 Å². The number of hydrazine groups is 1. The molecule has 1 aliphatic rings. The van der Waals surface area contributed by atoms with E-state index in [0.29, 0.717) is 27.4 Å². The minimum absolute atomic E-state index is 0. The molecular weight excluding hydrogens is 408 g/mol. The lowest BCUT2D eigenvalue weighted by Gasteiger charge is -2.17. The summed E-state index contributed by atoms with van der Waals surface area (Å²) >= 11 is 2.87. The third-order valence-electron chi connectivity index (χ3n) is 4.09. The number of imide groups is 1. The zero-order chi connectivity index (χ0) is 18.4. The van der Waals surface area contributed by atoms with Gasteiger partial charge in [-0.3, -0.25) is 15.0 Å². The second-order valence-electron chi connectivity index (χ2n) is 5.78. The summed E-state index contributed by atoms with van der Waals surface area (Å²) in [6, 6.07) is 3.81. The third-order valence-corrected chi connectivity index (χ3v) is 6.13. The van der Waals surface area contributed by atoms with Crippen LogP contribution in [0.1, 0.15) is 17.4 Å². The van der Waals surface area contributed by atoms with Crippen LogP contribution < -0.4 is 5.43 Å². The summed E-state index contributed by atoms with van der Waals surface area (Å²) in [6.45, 7) is 3.35. The molecule has 27 heavy (non-hydrogen) atoms. The number of aryl methyl sites for hydroxylation is 1. The van der Waals surface area contributed by atoms with Crippen molar-refractivity contribution in [3.8, 4) is 10.7 Å². The van der Waals surface area contributed by atoms with Crippen molar-refractivity contribution < 1.29 is 14.7 Å². The van der Waals surface area contributed by atoms with Crippen molar-refractivity contribution in [3.63, 3.8) is 0 Å². The van der Waals surface area contributed by atoms with Crippen LogP contribution in [0.2, 0.25) is 0 Å². The molecule has 3 aromatic rings. The van der Waals surface area contributed by atoms with E-state index in [1.54, 1.807) is 6.92 Å². The normalized spacial score (nSPS) is 13.9. The maximum absolute atomic E-state index is 12.2. The molecule has 0 bridgehead atoms. The van der Waals surface area contributed by atoms with Gasteiger partial charge < -0.3 is 5.11 Å². The first-order valence-electron chi connectivity index (χ1n) is 7.77. The van der Waals surface area contributed by atoms with Gasteiger partial charge in [-0.05, 0) is 30.9 Å². The van der Waals surface area contributed by atoms with Gasteiger partial charge in [0.15, 0.2) is 11.6 Å². The zero-order valence-corrected chi connectivity index (χ0v) is 16.8. The topological polar surface area (TPSA) is 95.4 Å². The van der Waals surface area contributed by atoms with Crippen LogP contribution in [0.4, 0.5) is 5.82 Å². The van der Waals surface area contributed by atoms with Crippen molar-refractivity contribution in [2.75, 3.05) is 5.43 Å². The van der Waals surface area contributed by atoms with E-state index in [2.05, 4.69) is 15.4 Å². The lowest BCUT2D eigenvalue weighted by molar-refractivity contribution is -0.135. The monoisotopic (exact) mass is 422 g/mol. The number of rotatable bonds is 4. The highest BCUT2D eigenvalue weighted by molar-refractivity contribution is 7.19. The first-order chi connectivity index (χ1) is 12.5. The molecule has 10 heteroatoms. The summed E-state index contributed by atoms with van der Waals surface area (Å²) in [7, 11) is 0. The number of nitrogens with one attached hydrogen (secondary N) is 1. The van der Waals surface area contributed by atoms with Crippen LogP contribution in [-0.4, -0.2) is 31.9 Å². The molecule has 0 aromatic carbocycles. The van der Waals surface area contributed by atoms with Gasteiger partial charge in [0, 0.05) is 16.5 Å². The Morgan fingerprint density at radius 3 is 2.63 bits per heavy atom. The van der Waals surface area contributed by atoms with E-state index in [0.717, 1.165) is 20.3 Å². The van der Waals surface area contributed by atoms with Crippen molar-refractivity contribution in [2.45, 2.75) is 20.5 Å². The van der Waals surface area contributed by atoms with Gasteiger partial charge in [-0.25, -0.2) is 9.97 Å². The first-order valence-corrected chi connectivity index (χ1v) is 9.47. The smallest absolute Gasteiger partial charge is 0.275 e. The lowest BCUT2D eigenvalue weighted by Crippen LogP contribution is -2.36. The van der Waals surface area contributed by atoms with Crippen molar-refractivity contribution in [1.29, 1.82) is 0 Å². The van der Waals surface area contributed by atoms with E-state index in [4.69, 9.17) is 0 Å². The SMILES string of the molecule is CC1=CC(=O)N(Nc2nc(-c3cccs3)nc3sc(CO)c(C)c23)C1=O.Cl. The fourth-order valence-corrected chi connectivity index (χ4v) is 4.43. The minimum atomic E-state index is -0.438. The second kappa shape index (κ2) is 7.35.